The molecule has 3 unspecified atom stereocenters. The summed E-state index contributed by atoms with van der Waals surface area (Å²) in [6.45, 7) is 11.6. The zero-order valence-electron chi connectivity index (χ0n) is 18.0. The molecule has 0 radical (unpaired) electrons. The fourth-order valence-electron chi connectivity index (χ4n) is 2.52. The molecule has 0 aromatic heterocycles. The molecule has 28 heavy (non-hydrogen) atoms. The molecule has 0 bridgehead atoms. The number of carbonyl (C=O) groups excluding carboxylic acids is 3. The van der Waals surface area contributed by atoms with Crippen molar-refractivity contribution in [2.75, 3.05) is 39.5 Å². The van der Waals surface area contributed by atoms with Gasteiger partial charge in [0.25, 0.3) is 0 Å². The fraction of sp³-hybridized carbons (Fsp3) is 0.850. The zero-order valence-corrected chi connectivity index (χ0v) is 18.0. The average molecular weight is 403 g/mol. The number of rotatable bonds is 16. The fourth-order valence-corrected chi connectivity index (χ4v) is 2.52. The standard InChI is InChI=1S/C20H38N2O6/c1-6-26-18(23)15(4)13-21-12-10-9-11-17(20(25)28-8-3)22-14-16(5)19(24)27-7-2/h15-17,21-22H,6-14H2,1-5H3. The van der Waals surface area contributed by atoms with Gasteiger partial charge in [-0.05, 0) is 40.2 Å². The number of hydrogen-bond donors (Lipinski definition) is 2. The van der Waals surface area contributed by atoms with Crippen molar-refractivity contribution in [3.63, 3.8) is 0 Å². The van der Waals surface area contributed by atoms with Crippen LogP contribution in [0.2, 0.25) is 0 Å². The number of esters is 3. The molecule has 0 aromatic carbocycles. The maximum Gasteiger partial charge on any atom is 0.323 e. The minimum Gasteiger partial charge on any atom is -0.466 e. The van der Waals surface area contributed by atoms with E-state index in [1.807, 2.05) is 6.92 Å². The SMILES string of the molecule is CCOC(=O)C(C)CNCCCCC(NCC(C)C(=O)OCC)C(=O)OCC. The third-order valence-electron chi connectivity index (χ3n) is 4.17. The van der Waals surface area contributed by atoms with E-state index in [-0.39, 0.29) is 29.7 Å². The van der Waals surface area contributed by atoms with Gasteiger partial charge in [0.05, 0.1) is 31.7 Å². The van der Waals surface area contributed by atoms with E-state index >= 15 is 0 Å². The highest BCUT2D eigenvalue weighted by atomic mass is 16.5. The zero-order chi connectivity index (χ0) is 21.4. The molecule has 3 atom stereocenters. The van der Waals surface area contributed by atoms with Gasteiger partial charge < -0.3 is 24.8 Å². The van der Waals surface area contributed by atoms with Gasteiger partial charge in [-0.15, -0.1) is 0 Å². The maximum atomic E-state index is 12.1. The third-order valence-corrected chi connectivity index (χ3v) is 4.17. The molecule has 0 saturated heterocycles. The lowest BCUT2D eigenvalue weighted by atomic mass is 10.1. The van der Waals surface area contributed by atoms with E-state index in [9.17, 15) is 14.4 Å². The Kier molecular flexibility index (Phi) is 15.3. The van der Waals surface area contributed by atoms with Crippen LogP contribution in [0.25, 0.3) is 0 Å². The Morgan fingerprint density at radius 1 is 0.750 bits per heavy atom. The van der Waals surface area contributed by atoms with E-state index in [1.54, 1.807) is 27.7 Å². The molecule has 8 nitrogen and oxygen atoms in total. The molecule has 2 N–H and O–H groups in total. The molecule has 8 heteroatoms. The van der Waals surface area contributed by atoms with Crippen molar-refractivity contribution in [1.82, 2.24) is 10.6 Å². The Balaban J connectivity index is 4.20. The van der Waals surface area contributed by atoms with E-state index in [0.717, 1.165) is 19.4 Å². The molecule has 0 aliphatic heterocycles. The van der Waals surface area contributed by atoms with Crippen LogP contribution in [0.4, 0.5) is 0 Å². The van der Waals surface area contributed by atoms with Gasteiger partial charge in [-0.2, -0.15) is 0 Å². The van der Waals surface area contributed by atoms with Gasteiger partial charge in [0.1, 0.15) is 6.04 Å². The Labute approximate surface area is 169 Å². The van der Waals surface area contributed by atoms with E-state index in [4.69, 9.17) is 14.2 Å². The predicted molar refractivity (Wildman–Crippen MR) is 107 cm³/mol. The largest absolute Gasteiger partial charge is 0.466 e. The van der Waals surface area contributed by atoms with Gasteiger partial charge in [0, 0.05) is 13.1 Å². The summed E-state index contributed by atoms with van der Waals surface area (Å²) in [6, 6.07) is -0.449. The molecule has 0 aliphatic rings. The average Bonchev–Trinajstić information content (AvgIpc) is 2.66. The van der Waals surface area contributed by atoms with E-state index in [0.29, 0.717) is 39.3 Å². The molecule has 0 rings (SSSR count). The lowest BCUT2D eigenvalue weighted by Crippen LogP contribution is -2.41. The quantitative estimate of drug-likeness (QED) is 0.228. The summed E-state index contributed by atoms with van der Waals surface area (Å²) >= 11 is 0. The van der Waals surface area contributed by atoms with Crippen molar-refractivity contribution in [3.05, 3.63) is 0 Å². The molecule has 0 amide bonds. The number of ether oxygens (including phenoxy) is 3. The highest BCUT2D eigenvalue weighted by molar-refractivity contribution is 5.76. The van der Waals surface area contributed by atoms with E-state index in [1.165, 1.54) is 0 Å². The number of hydrogen-bond acceptors (Lipinski definition) is 8. The van der Waals surface area contributed by atoms with Gasteiger partial charge >= 0.3 is 17.9 Å². The maximum absolute atomic E-state index is 12.1. The van der Waals surface area contributed by atoms with Gasteiger partial charge in [0.15, 0.2) is 0 Å². The van der Waals surface area contributed by atoms with Crippen LogP contribution in [0.5, 0.6) is 0 Å². The Morgan fingerprint density at radius 2 is 1.25 bits per heavy atom. The summed E-state index contributed by atoms with van der Waals surface area (Å²) < 4.78 is 15.1. The predicted octanol–water partition coefficient (Wildman–Crippen LogP) is 1.67. The molecule has 0 aliphatic carbocycles. The first-order chi connectivity index (χ1) is 13.4. The van der Waals surface area contributed by atoms with Crippen LogP contribution >= 0.6 is 0 Å². The van der Waals surface area contributed by atoms with Gasteiger partial charge in [-0.1, -0.05) is 20.3 Å². The Morgan fingerprint density at radius 3 is 1.79 bits per heavy atom. The van der Waals surface area contributed by atoms with Crippen LogP contribution in [0.15, 0.2) is 0 Å². The van der Waals surface area contributed by atoms with E-state index in [2.05, 4.69) is 10.6 Å². The van der Waals surface area contributed by atoms with Crippen LogP contribution in [0, 0.1) is 11.8 Å². The van der Waals surface area contributed by atoms with Crippen molar-refractivity contribution in [3.8, 4) is 0 Å². The summed E-state index contributed by atoms with van der Waals surface area (Å²) in [7, 11) is 0. The summed E-state index contributed by atoms with van der Waals surface area (Å²) in [6.07, 6.45) is 2.29. The molecule has 0 saturated carbocycles. The first-order valence-corrected chi connectivity index (χ1v) is 10.3. The van der Waals surface area contributed by atoms with Crippen molar-refractivity contribution >= 4 is 17.9 Å². The second-order valence-corrected chi connectivity index (χ2v) is 6.72. The van der Waals surface area contributed by atoms with Crippen molar-refractivity contribution in [2.45, 2.75) is 59.9 Å². The number of carbonyl (C=O) groups is 3. The van der Waals surface area contributed by atoms with Crippen molar-refractivity contribution in [2.24, 2.45) is 11.8 Å². The van der Waals surface area contributed by atoms with E-state index < -0.39 is 6.04 Å². The number of nitrogens with one attached hydrogen (secondary N) is 2. The summed E-state index contributed by atoms with van der Waals surface area (Å²) in [4.78, 5) is 35.4. The van der Waals surface area contributed by atoms with Crippen LogP contribution in [0.1, 0.15) is 53.9 Å². The van der Waals surface area contributed by atoms with Crippen LogP contribution in [-0.4, -0.2) is 63.4 Å². The minimum absolute atomic E-state index is 0.182. The van der Waals surface area contributed by atoms with Crippen molar-refractivity contribution < 1.29 is 28.6 Å². The number of unbranched alkanes of at least 4 members (excludes halogenated alkanes) is 1. The lowest BCUT2D eigenvalue weighted by molar-refractivity contribution is -0.149. The van der Waals surface area contributed by atoms with Crippen LogP contribution in [0.3, 0.4) is 0 Å². The normalized spacial score (nSPS) is 14.0. The molecule has 0 fully saturated rings. The monoisotopic (exact) mass is 402 g/mol. The smallest absolute Gasteiger partial charge is 0.323 e. The second-order valence-electron chi connectivity index (χ2n) is 6.72. The first kappa shape index (κ1) is 26.3. The topological polar surface area (TPSA) is 103 Å². The second kappa shape index (κ2) is 16.3. The van der Waals surface area contributed by atoms with Crippen LogP contribution < -0.4 is 10.6 Å². The van der Waals surface area contributed by atoms with Gasteiger partial charge in [-0.25, -0.2) is 0 Å². The lowest BCUT2D eigenvalue weighted by Gasteiger charge is -2.19. The highest BCUT2D eigenvalue weighted by Crippen LogP contribution is 2.06. The summed E-state index contributed by atoms with van der Waals surface area (Å²) in [5.74, 6) is -1.29. The van der Waals surface area contributed by atoms with Gasteiger partial charge in [0.2, 0.25) is 0 Å². The molecular weight excluding hydrogens is 364 g/mol. The Hall–Kier alpha value is -1.67. The summed E-state index contributed by atoms with van der Waals surface area (Å²) in [5, 5.41) is 6.36. The Bertz CT molecular complexity index is 458. The molecule has 164 valence electrons. The minimum atomic E-state index is -0.449. The van der Waals surface area contributed by atoms with Crippen LogP contribution in [-0.2, 0) is 28.6 Å². The molecule has 0 spiro atoms. The molecule has 0 aromatic rings. The molecule has 0 heterocycles. The highest BCUT2D eigenvalue weighted by Gasteiger charge is 2.22. The first-order valence-electron chi connectivity index (χ1n) is 10.3. The molecular formula is C20H38N2O6. The van der Waals surface area contributed by atoms with Crippen molar-refractivity contribution in [1.29, 1.82) is 0 Å². The van der Waals surface area contributed by atoms with Gasteiger partial charge in [-0.3, -0.25) is 14.4 Å². The third kappa shape index (κ3) is 11.9. The summed E-state index contributed by atoms with van der Waals surface area (Å²) in [5.41, 5.74) is 0.